The molecule has 0 saturated carbocycles. The van der Waals surface area contributed by atoms with Crippen molar-refractivity contribution < 1.29 is 0 Å². The van der Waals surface area contributed by atoms with Gasteiger partial charge in [0.1, 0.15) is 17.3 Å². The van der Waals surface area contributed by atoms with Gasteiger partial charge in [-0.3, -0.25) is 4.98 Å². The molecule has 0 aliphatic carbocycles. The third-order valence-electron chi connectivity index (χ3n) is 2.52. The molecule has 2 heterocycles. The number of allylic oxidation sites excluding steroid dienone is 1. The average Bonchev–Trinajstić information content (AvgIpc) is 2.78. The van der Waals surface area contributed by atoms with Crippen LogP contribution in [0.2, 0.25) is 0 Å². The van der Waals surface area contributed by atoms with Gasteiger partial charge in [0.2, 0.25) is 0 Å². The first-order chi connectivity index (χ1) is 9.13. The number of nitrogens with zero attached hydrogens (tertiary/aromatic N) is 6. The number of hydrogen-bond acceptors (Lipinski definition) is 5. The van der Waals surface area contributed by atoms with Gasteiger partial charge in [-0.05, 0) is 12.1 Å². The van der Waals surface area contributed by atoms with Gasteiger partial charge in [-0.15, -0.1) is 10.2 Å². The van der Waals surface area contributed by atoms with E-state index in [2.05, 4.69) is 21.3 Å². The van der Waals surface area contributed by atoms with E-state index in [0.29, 0.717) is 17.2 Å². The zero-order valence-electron chi connectivity index (χ0n) is 11.1. The zero-order chi connectivity index (χ0) is 13.8. The van der Waals surface area contributed by atoms with E-state index < -0.39 is 0 Å². The van der Waals surface area contributed by atoms with Crippen LogP contribution in [0, 0.1) is 11.3 Å². The molecule has 0 aromatic carbocycles. The van der Waals surface area contributed by atoms with Gasteiger partial charge in [0.15, 0.2) is 11.6 Å². The fourth-order valence-corrected chi connectivity index (χ4v) is 1.68. The molecule has 0 aliphatic heterocycles. The summed E-state index contributed by atoms with van der Waals surface area (Å²) in [4.78, 5) is 6.03. The van der Waals surface area contributed by atoms with Gasteiger partial charge in [0.25, 0.3) is 0 Å². The molecule has 2 aromatic rings. The Hall–Kier alpha value is -2.68. The summed E-state index contributed by atoms with van der Waals surface area (Å²) in [5.41, 5.74) is 1.19. The second-order valence-electron chi connectivity index (χ2n) is 4.24. The highest BCUT2D eigenvalue weighted by Crippen LogP contribution is 2.18. The van der Waals surface area contributed by atoms with Gasteiger partial charge in [0.05, 0.1) is 0 Å². The van der Waals surface area contributed by atoms with Crippen molar-refractivity contribution >= 4 is 5.57 Å². The van der Waals surface area contributed by atoms with Crippen molar-refractivity contribution in [1.29, 1.82) is 5.26 Å². The Morgan fingerprint density at radius 1 is 1.37 bits per heavy atom. The predicted octanol–water partition coefficient (Wildman–Crippen LogP) is 1.30. The molecule has 19 heavy (non-hydrogen) atoms. The highest BCUT2D eigenvalue weighted by atomic mass is 15.3. The summed E-state index contributed by atoms with van der Waals surface area (Å²) >= 11 is 0. The summed E-state index contributed by atoms with van der Waals surface area (Å²) in [6.45, 7) is 0. The number of pyridine rings is 1. The highest BCUT2D eigenvalue weighted by molar-refractivity contribution is 5.73. The molecular formula is C13H14N6. The Kier molecular flexibility index (Phi) is 3.57. The molecule has 0 atom stereocenters. The van der Waals surface area contributed by atoms with Gasteiger partial charge in [-0.2, -0.15) is 5.26 Å². The smallest absolute Gasteiger partial charge is 0.182 e. The first kappa shape index (κ1) is 12.8. The maximum atomic E-state index is 9.19. The molecule has 0 unspecified atom stereocenters. The summed E-state index contributed by atoms with van der Waals surface area (Å²) in [5.74, 6) is 1.16. The van der Waals surface area contributed by atoms with Crippen LogP contribution in [0.1, 0.15) is 5.82 Å². The first-order valence-corrected chi connectivity index (χ1v) is 5.73. The minimum Gasteiger partial charge on any atom is -0.382 e. The number of hydrogen-bond donors (Lipinski definition) is 0. The highest BCUT2D eigenvalue weighted by Gasteiger charge is 2.15. The number of nitriles is 1. The fraction of sp³-hybridized carbons (Fsp3) is 0.231. The van der Waals surface area contributed by atoms with E-state index in [-0.39, 0.29) is 0 Å². The lowest BCUT2D eigenvalue weighted by Crippen LogP contribution is -2.05. The average molecular weight is 254 g/mol. The van der Waals surface area contributed by atoms with E-state index in [9.17, 15) is 5.26 Å². The van der Waals surface area contributed by atoms with Crippen LogP contribution in [0.3, 0.4) is 0 Å². The third kappa shape index (κ3) is 2.60. The lowest BCUT2D eigenvalue weighted by atomic mass is 10.3. The van der Waals surface area contributed by atoms with Crippen LogP contribution in [0.5, 0.6) is 0 Å². The van der Waals surface area contributed by atoms with E-state index in [4.69, 9.17) is 0 Å². The van der Waals surface area contributed by atoms with E-state index in [1.807, 2.05) is 39.3 Å². The summed E-state index contributed by atoms with van der Waals surface area (Å²) in [5, 5.41) is 17.4. The lowest BCUT2D eigenvalue weighted by molar-refractivity contribution is 0.565. The van der Waals surface area contributed by atoms with Crippen molar-refractivity contribution in [2.24, 2.45) is 7.05 Å². The second kappa shape index (κ2) is 5.31. The van der Waals surface area contributed by atoms with Crippen molar-refractivity contribution in [2.75, 3.05) is 14.1 Å². The Labute approximate surface area is 111 Å². The number of rotatable bonds is 3. The van der Waals surface area contributed by atoms with Crippen molar-refractivity contribution in [3.8, 4) is 17.6 Å². The first-order valence-electron chi connectivity index (χ1n) is 5.73. The zero-order valence-corrected chi connectivity index (χ0v) is 11.1. The van der Waals surface area contributed by atoms with Crippen LogP contribution in [-0.4, -0.2) is 38.7 Å². The van der Waals surface area contributed by atoms with Gasteiger partial charge in [-0.25, -0.2) is 0 Å². The standard InChI is InChI=1S/C13H14N6/c1-18(2)9-10(8-14)12-16-17-13(19(12)3)11-6-4-5-7-15-11/h4-7,9H,1-3H3/b10-9+. The molecule has 0 N–H and O–H groups in total. The van der Waals surface area contributed by atoms with Gasteiger partial charge >= 0.3 is 0 Å². The van der Waals surface area contributed by atoms with Crippen molar-refractivity contribution in [3.63, 3.8) is 0 Å². The van der Waals surface area contributed by atoms with Crippen LogP contribution in [0.15, 0.2) is 30.6 Å². The normalized spacial score (nSPS) is 11.2. The second-order valence-corrected chi connectivity index (χ2v) is 4.24. The van der Waals surface area contributed by atoms with Gasteiger partial charge in [-0.1, -0.05) is 6.07 Å². The van der Waals surface area contributed by atoms with Crippen LogP contribution < -0.4 is 0 Å². The largest absolute Gasteiger partial charge is 0.382 e. The van der Waals surface area contributed by atoms with Crippen molar-refractivity contribution in [2.45, 2.75) is 0 Å². The minimum absolute atomic E-state index is 0.460. The molecule has 0 aliphatic rings. The lowest BCUT2D eigenvalue weighted by Gasteiger charge is -2.06. The van der Waals surface area contributed by atoms with Crippen LogP contribution >= 0.6 is 0 Å². The Morgan fingerprint density at radius 3 is 2.74 bits per heavy atom. The summed E-state index contributed by atoms with van der Waals surface area (Å²) < 4.78 is 1.76. The molecule has 0 bridgehead atoms. The summed E-state index contributed by atoms with van der Waals surface area (Å²) in [6, 6.07) is 7.71. The van der Waals surface area contributed by atoms with E-state index in [1.165, 1.54) is 0 Å². The van der Waals surface area contributed by atoms with Crippen molar-refractivity contribution in [1.82, 2.24) is 24.6 Å². The Bertz CT molecular complexity index is 633. The molecule has 0 fully saturated rings. The molecule has 0 radical (unpaired) electrons. The van der Waals surface area contributed by atoms with Crippen LogP contribution in [0.25, 0.3) is 17.1 Å². The molecule has 0 amide bonds. The molecule has 96 valence electrons. The number of aromatic nitrogens is 4. The molecule has 2 aromatic heterocycles. The SMILES string of the molecule is CN(C)/C=C(\C#N)c1nnc(-c2ccccn2)n1C. The topological polar surface area (TPSA) is 70.6 Å². The monoisotopic (exact) mass is 254 g/mol. The van der Waals surface area contributed by atoms with Crippen LogP contribution in [-0.2, 0) is 7.05 Å². The maximum absolute atomic E-state index is 9.19. The third-order valence-corrected chi connectivity index (χ3v) is 2.52. The van der Waals surface area contributed by atoms with E-state index >= 15 is 0 Å². The molecule has 6 heteroatoms. The molecule has 0 saturated heterocycles. The molecule has 2 rings (SSSR count). The van der Waals surface area contributed by atoms with Crippen LogP contribution in [0.4, 0.5) is 0 Å². The molecule has 6 nitrogen and oxygen atoms in total. The maximum Gasteiger partial charge on any atom is 0.182 e. The van der Waals surface area contributed by atoms with E-state index in [0.717, 1.165) is 5.69 Å². The van der Waals surface area contributed by atoms with E-state index in [1.54, 1.807) is 21.9 Å². The van der Waals surface area contributed by atoms with Crippen molar-refractivity contribution in [3.05, 3.63) is 36.4 Å². The molecule has 0 spiro atoms. The Balaban J connectivity index is 2.47. The van der Waals surface area contributed by atoms with Gasteiger partial charge in [0, 0.05) is 33.5 Å². The quantitative estimate of drug-likeness (QED) is 0.772. The minimum atomic E-state index is 0.460. The summed E-state index contributed by atoms with van der Waals surface area (Å²) in [7, 11) is 5.53. The summed E-state index contributed by atoms with van der Waals surface area (Å²) in [6.07, 6.45) is 3.41. The predicted molar refractivity (Wildman–Crippen MR) is 71.5 cm³/mol. The Morgan fingerprint density at radius 2 is 2.16 bits per heavy atom. The fourth-order valence-electron chi connectivity index (χ4n) is 1.68. The van der Waals surface area contributed by atoms with Gasteiger partial charge < -0.3 is 9.47 Å². The molecular weight excluding hydrogens is 240 g/mol.